The number of ether oxygens (including phenoxy) is 1. The number of nitrogens with zero attached hydrogens (tertiary/aromatic N) is 4. The van der Waals surface area contributed by atoms with Crippen LogP contribution in [0.5, 0.6) is 11.5 Å². The quantitative estimate of drug-likeness (QED) is 0.131. The molecule has 6 aromatic carbocycles. The normalized spacial score (nSPS) is 11.9. The van der Waals surface area contributed by atoms with Gasteiger partial charge in [-0.05, 0) is 47.2 Å². The van der Waals surface area contributed by atoms with E-state index in [0.29, 0.717) is 11.5 Å². The van der Waals surface area contributed by atoms with Gasteiger partial charge in [0.05, 0.1) is 33.4 Å². The topological polar surface area (TPSA) is 43.8 Å². The van der Waals surface area contributed by atoms with Crippen molar-refractivity contribution in [3.8, 4) is 11.5 Å². The maximum atomic E-state index is 6.48. The van der Waals surface area contributed by atoms with Crippen LogP contribution in [-0.4, -0.2) is 18.8 Å². The second-order valence-corrected chi connectivity index (χ2v) is 10.9. The van der Waals surface area contributed by atoms with Crippen LogP contribution in [0.3, 0.4) is 0 Å². The van der Waals surface area contributed by atoms with Crippen molar-refractivity contribution in [1.29, 1.82) is 0 Å². The Morgan fingerprint density at radius 2 is 0.841 bits per heavy atom. The van der Waals surface area contributed by atoms with Gasteiger partial charge in [-0.2, -0.15) is 0 Å². The van der Waals surface area contributed by atoms with Gasteiger partial charge in [-0.3, -0.25) is 9.97 Å². The van der Waals surface area contributed by atoms with Crippen LogP contribution in [0.15, 0.2) is 121 Å². The maximum Gasteiger partial charge on any atom is 2.00 e. The fourth-order valence-corrected chi connectivity index (χ4v) is 6.66. The molecular weight excluding hydrogens is 724 g/mol. The van der Waals surface area contributed by atoms with Crippen LogP contribution in [0.2, 0.25) is 0 Å². The van der Waals surface area contributed by atoms with Crippen molar-refractivity contribution in [1.82, 2.24) is 18.8 Å². The zero-order valence-electron chi connectivity index (χ0n) is 23.1. The maximum absolute atomic E-state index is 6.48. The third-order valence-corrected chi connectivity index (χ3v) is 8.50. The number of pyridine rings is 2. The van der Waals surface area contributed by atoms with Crippen LogP contribution in [0.25, 0.3) is 76.7 Å². The summed E-state index contributed by atoms with van der Waals surface area (Å²) in [6.07, 6.45) is 0. The molecule has 0 N–H and O–H groups in total. The SMILES string of the molecule is [Pt+2].[c-]1c(Oc2[c-]c3c(cc2)c2ccccc2n2c4ccccc4nc32)ccc2c1c1nc3ccccc3n1c1ccccc21. The predicted molar refractivity (Wildman–Crippen MR) is 173 cm³/mol. The molecule has 0 amide bonds. The van der Waals surface area contributed by atoms with E-state index in [9.17, 15) is 0 Å². The molecule has 0 bridgehead atoms. The first-order valence-electron chi connectivity index (χ1n) is 14.3. The van der Waals surface area contributed by atoms with Crippen LogP contribution in [0.4, 0.5) is 0 Å². The van der Waals surface area contributed by atoms with E-state index in [2.05, 4.69) is 118 Å². The zero-order chi connectivity index (χ0) is 28.1. The van der Waals surface area contributed by atoms with Crippen molar-refractivity contribution in [2.45, 2.75) is 0 Å². The van der Waals surface area contributed by atoms with Gasteiger partial charge in [0, 0.05) is 22.5 Å². The van der Waals surface area contributed by atoms with Gasteiger partial charge in [0.25, 0.3) is 0 Å². The minimum absolute atomic E-state index is 0. The molecule has 208 valence electrons. The Hall–Kier alpha value is -5.25. The Labute approximate surface area is 265 Å². The van der Waals surface area contributed by atoms with Gasteiger partial charge in [0.2, 0.25) is 0 Å². The third kappa shape index (κ3) is 3.45. The summed E-state index contributed by atoms with van der Waals surface area (Å²) in [7, 11) is 0. The van der Waals surface area contributed by atoms with Crippen LogP contribution < -0.4 is 4.74 Å². The molecule has 6 heteroatoms. The molecule has 0 spiro atoms. The van der Waals surface area contributed by atoms with Gasteiger partial charge in [-0.1, -0.05) is 106 Å². The van der Waals surface area contributed by atoms with Gasteiger partial charge in [0.15, 0.2) is 0 Å². The molecule has 10 aromatic rings. The van der Waals surface area contributed by atoms with Crippen molar-refractivity contribution < 1.29 is 25.8 Å². The second kappa shape index (κ2) is 9.37. The molecule has 0 aliphatic heterocycles. The van der Waals surface area contributed by atoms with E-state index < -0.39 is 0 Å². The van der Waals surface area contributed by atoms with Gasteiger partial charge in [0.1, 0.15) is 0 Å². The van der Waals surface area contributed by atoms with E-state index in [1.54, 1.807) is 0 Å². The van der Waals surface area contributed by atoms with Crippen molar-refractivity contribution >= 4 is 76.7 Å². The van der Waals surface area contributed by atoms with E-state index in [-0.39, 0.29) is 21.1 Å². The van der Waals surface area contributed by atoms with Crippen LogP contribution in [0, 0.1) is 12.1 Å². The van der Waals surface area contributed by atoms with Crippen molar-refractivity contribution in [2.24, 2.45) is 0 Å². The number of aromatic nitrogens is 4. The molecule has 0 saturated heterocycles. The molecule has 0 atom stereocenters. The van der Waals surface area contributed by atoms with E-state index in [1.165, 1.54) is 0 Å². The van der Waals surface area contributed by atoms with Crippen LogP contribution in [0.1, 0.15) is 0 Å². The van der Waals surface area contributed by atoms with Gasteiger partial charge in [-0.15, -0.1) is 12.1 Å². The minimum Gasteiger partial charge on any atom is -0.497 e. The van der Waals surface area contributed by atoms with E-state index in [4.69, 9.17) is 14.7 Å². The average molecular weight is 744 g/mol. The van der Waals surface area contributed by atoms with Crippen molar-refractivity contribution in [2.75, 3.05) is 0 Å². The van der Waals surface area contributed by atoms with Gasteiger partial charge < -0.3 is 13.5 Å². The number of hydrogen-bond acceptors (Lipinski definition) is 3. The summed E-state index contributed by atoms with van der Waals surface area (Å²) in [6, 6.07) is 48.7. The molecule has 4 aromatic heterocycles. The summed E-state index contributed by atoms with van der Waals surface area (Å²) in [5, 5.41) is 6.31. The third-order valence-electron chi connectivity index (χ3n) is 8.50. The number of rotatable bonds is 2. The number of hydrogen-bond donors (Lipinski definition) is 0. The average Bonchev–Trinajstić information content (AvgIpc) is 3.65. The first-order chi connectivity index (χ1) is 21.3. The first kappa shape index (κ1) is 25.3. The number of imidazole rings is 2. The molecule has 0 radical (unpaired) electrons. The Morgan fingerprint density at radius 1 is 0.432 bits per heavy atom. The molecule has 4 heterocycles. The Bertz CT molecular complexity index is 2590. The summed E-state index contributed by atoms with van der Waals surface area (Å²) < 4.78 is 10.9. The largest absolute Gasteiger partial charge is 2.00 e. The number of para-hydroxylation sites is 6. The van der Waals surface area contributed by atoms with Gasteiger partial charge in [-0.25, -0.2) is 0 Å². The standard InChI is InChI=1S/C38H20N4O.Pt/c1-5-13-33-27(9-1)25-19-17-23(21-29(25)37-39-31-11-3-7-15-35(31)41(33)37)43-24-18-20-26-28-10-2-6-14-34(28)42-36-16-8-4-12-32(36)40-38(42)30(26)22-24;/h1-20H;/q-2;+2. The second-order valence-electron chi connectivity index (χ2n) is 10.9. The van der Waals surface area contributed by atoms with E-state index >= 15 is 0 Å². The summed E-state index contributed by atoms with van der Waals surface area (Å²) in [6.45, 7) is 0. The number of benzene rings is 6. The molecule has 0 saturated carbocycles. The monoisotopic (exact) mass is 743 g/mol. The Morgan fingerprint density at radius 3 is 1.32 bits per heavy atom. The summed E-state index contributed by atoms with van der Waals surface area (Å²) >= 11 is 0. The zero-order valence-corrected chi connectivity index (χ0v) is 25.3. The Balaban J connectivity index is 0.00000270. The summed E-state index contributed by atoms with van der Waals surface area (Å²) in [5.41, 5.74) is 8.00. The molecule has 10 rings (SSSR count). The molecule has 44 heavy (non-hydrogen) atoms. The van der Waals surface area contributed by atoms with E-state index in [0.717, 1.165) is 76.7 Å². The molecule has 0 fully saturated rings. The van der Waals surface area contributed by atoms with Crippen LogP contribution in [-0.2, 0) is 21.1 Å². The first-order valence-corrected chi connectivity index (χ1v) is 14.3. The molecule has 0 unspecified atom stereocenters. The summed E-state index contributed by atoms with van der Waals surface area (Å²) in [4.78, 5) is 10.0. The summed E-state index contributed by atoms with van der Waals surface area (Å²) in [5.74, 6) is 1.22. The smallest absolute Gasteiger partial charge is 0.497 e. The molecular formula is C38H20N4OPt. The molecule has 0 aliphatic carbocycles. The number of fused-ring (bicyclic) bond motifs is 16. The predicted octanol–water partition coefficient (Wildman–Crippen LogP) is 9.29. The van der Waals surface area contributed by atoms with Crippen molar-refractivity contribution in [3.05, 3.63) is 133 Å². The van der Waals surface area contributed by atoms with Crippen molar-refractivity contribution in [3.63, 3.8) is 0 Å². The fourth-order valence-electron chi connectivity index (χ4n) is 6.66. The van der Waals surface area contributed by atoms with Gasteiger partial charge >= 0.3 is 21.1 Å². The Kier molecular flexibility index (Phi) is 5.38. The van der Waals surface area contributed by atoms with Crippen LogP contribution >= 0.6 is 0 Å². The van der Waals surface area contributed by atoms with E-state index in [1.807, 2.05) is 24.3 Å². The fraction of sp³-hybridized carbons (Fsp3) is 0. The molecule has 5 nitrogen and oxygen atoms in total. The molecule has 0 aliphatic rings. The minimum atomic E-state index is 0.